The van der Waals surface area contributed by atoms with Gasteiger partial charge in [0.05, 0.1) is 13.1 Å². The zero-order chi connectivity index (χ0) is 16.3. The minimum Gasteiger partial charge on any atom is -0.396 e. The van der Waals surface area contributed by atoms with Crippen molar-refractivity contribution in [2.45, 2.75) is 46.1 Å². The van der Waals surface area contributed by atoms with Gasteiger partial charge < -0.3 is 15.3 Å². The van der Waals surface area contributed by atoms with Crippen LogP contribution in [0.2, 0.25) is 0 Å². The fourth-order valence-corrected chi connectivity index (χ4v) is 2.00. The molecule has 0 saturated carbocycles. The number of carbonyl (C=O) groups excluding carboxylic acids is 2. The molecule has 21 heavy (non-hydrogen) atoms. The van der Waals surface area contributed by atoms with Crippen LogP contribution >= 0.6 is 0 Å². The van der Waals surface area contributed by atoms with Crippen molar-refractivity contribution in [3.8, 4) is 0 Å². The van der Waals surface area contributed by atoms with Crippen molar-refractivity contribution < 1.29 is 14.7 Å². The Morgan fingerprint density at radius 1 is 1.14 bits per heavy atom. The van der Waals surface area contributed by atoms with E-state index in [1.807, 2.05) is 32.7 Å². The molecule has 0 aliphatic rings. The average molecular weight is 301 g/mol. The van der Waals surface area contributed by atoms with Gasteiger partial charge in [0, 0.05) is 19.2 Å². The lowest BCUT2D eigenvalue weighted by Gasteiger charge is -2.24. The number of carbonyl (C=O) groups is 2. The number of nitrogens with zero attached hydrogens (tertiary/aromatic N) is 2. The van der Waals surface area contributed by atoms with Crippen molar-refractivity contribution in [3.63, 3.8) is 0 Å². The van der Waals surface area contributed by atoms with E-state index in [2.05, 4.69) is 5.32 Å². The largest absolute Gasteiger partial charge is 0.396 e. The molecule has 6 heteroatoms. The molecule has 0 heterocycles. The van der Waals surface area contributed by atoms with Crippen LogP contribution in [0.1, 0.15) is 40.0 Å². The number of amides is 2. The second-order valence-electron chi connectivity index (χ2n) is 5.65. The lowest BCUT2D eigenvalue weighted by molar-refractivity contribution is -0.136. The van der Waals surface area contributed by atoms with Gasteiger partial charge in [-0.2, -0.15) is 0 Å². The molecule has 0 bridgehead atoms. The van der Waals surface area contributed by atoms with Crippen LogP contribution in [0.5, 0.6) is 0 Å². The van der Waals surface area contributed by atoms with Gasteiger partial charge in [-0.3, -0.25) is 14.5 Å². The number of likely N-dealkylation sites (N-methyl/N-ethyl adjacent to an activating group) is 2. The van der Waals surface area contributed by atoms with E-state index in [-0.39, 0.29) is 31.0 Å². The Kier molecular flexibility index (Phi) is 10.9. The molecule has 0 aliphatic heterocycles. The van der Waals surface area contributed by atoms with Gasteiger partial charge in [0.15, 0.2) is 0 Å². The zero-order valence-corrected chi connectivity index (χ0v) is 13.9. The van der Waals surface area contributed by atoms with Crippen molar-refractivity contribution in [1.82, 2.24) is 15.1 Å². The summed E-state index contributed by atoms with van der Waals surface area (Å²) >= 11 is 0. The van der Waals surface area contributed by atoms with Gasteiger partial charge in [-0.25, -0.2) is 0 Å². The van der Waals surface area contributed by atoms with Crippen LogP contribution in [0.15, 0.2) is 0 Å². The highest BCUT2D eigenvalue weighted by molar-refractivity contribution is 5.85. The first-order valence-corrected chi connectivity index (χ1v) is 7.77. The Labute approximate surface area is 128 Å². The first kappa shape index (κ1) is 19.9. The maximum Gasteiger partial charge on any atom is 0.239 e. The summed E-state index contributed by atoms with van der Waals surface area (Å²) in [4.78, 5) is 27.4. The van der Waals surface area contributed by atoms with Crippen LogP contribution < -0.4 is 5.32 Å². The van der Waals surface area contributed by atoms with Gasteiger partial charge in [0.2, 0.25) is 11.8 Å². The summed E-state index contributed by atoms with van der Waals surface area (Å²) in [5.41, 5.74) is 0. The Bertz CT molecular complexity index is 309. The number of hydrogen-bond donors (Lipinski definition) is 2. The van der Waals surface area contributed by atoms with E-state index >= 15 is 0 Å². The van der Waals surface area contributed by atoms with Crippen LogP contribution in [-0.4, -0.2) is 72.6 Å². The Balaban J connectivity index is 4.11. The van der Waals surface area contributed by atoms with Crippen LogP contribution in [0.4, 0.5) is 0 Å². The Hall–Kier alpha value is -1.14. The maximum atomic E-state index is 12.2. The normalized spacial score (nSPS) is 11.0. The summed E-state index contributed by atoms with van der Waals surface area (Å²) < 4.78 is 0. The van der Waals surface area contributed by atoms with E-state index in [9.17, 15) is 9.59 Å². The second-order valence-corrected chi connectivity index (χ2v) is 5.65. The minimum absolute atomic E-state index is 0.0268. The fraction of sp³-hybridized carbons (Fsp3) is 0.867. The standard InChI is InChI=1S/C15H31N3O3/c1-5-18(11-14(20)16-13(2)3)15(21)12-17(4)9-7-6-8-10-19/h13,19H,5-12H2,1-4H3,(H,16,20). The van der Waals surface area contributed by atoms with Crippen LogP contribution in [-0.2, 0) is 9.59 Å². The lowest BCUT2D eigenvalue weighted by Crippen LogP contribution is -2.45. The number of hydrogen-bond acceptors (Lipinski definition) is 4. The monoisotopic (exact) mass is 301 g/mol. The molecule has 0 aliphatic carbocycles. The molecule has 0 atom stereocenters. The zero-order valence-electron chi connectivity index (χ0n) is 13.9. The average Bonchev–Trinajstić information content (AvgIpc) is 2.40. The first-order valence-electron chi connectivity index (χ1n) is 7.77. The summed E-state index contributed by atoms with van der Waals surface area (Å²) in [6.45, 7) is 7.68. The number of unbranched alkanes of at least 4 members (excludes halogenated alkanes) is 2. The summed E-state index contributed by atoms with van der Waals surface area (Å²) in [5, 5.41) is 11.5. The quantitative estimate of drug-likeness (QED) is 0.544. The van der Waals surface area contributed by atoms with Gasteiger partial charge in [-0.15, -0.1) is 0 Å². The number of aliphatic hydroxyl groups excluding tert-OH is 1. The van der Waals surface area contributed by atoms with Crippen molar-refractivity contribution in [1.29, 1.82) is 0 Å². The SMILES string of the molecule is CCN(CC(=O)NC(C)C)C(=O)CN(C)CCCCCO. The predicted octanol–water partition coefficient (Wildman–Crippen LogP) is 0.454. The van der Waals surface area contributed by atoms with E-state index in [1.165, 1.54) is 0 Å². The molecule has 0 aromatic heterocycles. The van der Waals surface area contributed by atoms with Crippen LogP contribution in [0.25, 0.3) is 0 Å². The van der Waals surface area contributed by atoms with Gasteiger partial charge in [0.25, 0.3) is 0 Å². The van der Waals surface area contributed by atoms with E-state index in [1.54, 1.807) is 4.90 Å². The minimum atomic E-state index is -0.120. The van der Waals surface area contributed by atoms with E-state index in [0.29, 0.717) is 13.1 Å². The second kappa shape index (κ2) is 11.5. The predicted molar refractivity (Wildman–Crippen MR) is 84.0 cm³/mol. The third kappa shape index (κ3) is 10.3. The third-order valence-corrected chi connectivity index (χ3v) is 3.12. The molecular formula is C15H31N3O3. The molecule has 0 rings (SSSR count). The molecule has 0 unspecified atom stereocenters. The summed E-state index contributed by atoms with van der Waals surface area (Å²) in [6, 6.07) is 0.0838. The van der Waals surface area contributed by atoms with E-state index < -0.39 is 0 Å². The smallest absolute Gasteiger partial charge is 0.239 e. The first-order chi connectivity index (χ1) is 9.90. The number of nitrogens with one attached hydrogen (secondary N) is 1. The van der Waals surface area contributed by atoms with Crippen LogP contribution in [0.3, 0.4) is 0 Å². The van der Waals surface area contributed by atoms with Gasteiger partial charge in [0.1, 0.15) is 0 Å². The summed E-state index contributed by atoms with van der Waals surface area (Å²) in [7, 11) is 1.90. The topological polar surface area (TPSA) is 72.9 Å². The molecule has 0 fully saturated rings. The van der Waals surface area contributed by atoms with Crippen molar-refractivity contribution in [2.75, 3.05) is 39.8 Å². The van der Waals surface area contributed by atoms with Crippen LogP contribution in [0, 0.1) is 0 Å². The molecular weight excluding hydrogens is 270 g/mol. The molecule has 0 saturated heterocycles. The van der Waals surface area contributed by atoms with Crippen molar-refractivity contribution >= 4 is 11.8 Å². The number of aliphatic hydroxyl groups is 1. The highest BCUT2D eigenvalue weighted by Gasteiger charge is 2.17. The summed E-state index contributed by atoms with van der Waals surface area (Å²) in [5.74, 6) is -0.146. The lowest BCUT2D eigenvalue weighted by atomic mass is 10.2. The molecule has 0 aromatic carbocycles. The fourth-order valence-electron chi connectivity index (χ4n) is 2.00. The van der Waals surface area contributed by atoms with Gasteiger partial charge >= 0.3 is 0 Å². The van der Waals surface area contributed by atoms with Crippen molar-refractivity contribution in [2.24, 2.45) is 0 Å². The molecule has 2 amide bonds. The Morgan fingerprint density at radius 3 is 2.33 bits per heavy atom. The van der Waals surface area contributed by atoms with E-state index in [0.717, 1.165) is 25.8 Å². The highest BCUT2D eigenvalue weighted by atomic mass is 16.3. The maximum absolute atomic E-state index is 12.2. The Morgan fingerprint density at radius 2 is 1.81 bits per heavy atom. The summed E-state index contributed by atoms with van der Waals surface area (Å²) in [6.07, 6.45) is 2.73. The molecule has 0 aromatic rings. The van der Waals surface area contributed by atoms with E-state index in [4.69, 9.17) is 5.11 Å². The molecule has 124 valence electrons. The third-order valence-electron chi connectivity index (χ3n) is 3.12. The molecule has 6 nitrogen and oxygen atoms in total. The van der Waals surface area contributed by atoms with Gasteiger partial charge in [-0.1, -0.05) is 0 Å². The molecule has 2 N–H and O–H groups in total. The number of rotatable bonds is 11. The highest BCUT2D eigenvalue weighted by Crippen LogP contribution is 1.98. The molecule has 0 spiro atoms. The molecule has 0 radical (unpaired) electrons. The van der Waals surface area contributed by atoms with Crippen molar-refractivity contribution in [3.05, 3.63) is 0 Å². The van der Waals surface area contributed by atoms with Gasteiger partial charge in [-0.05, 0) is 53.6 Å².